The molecule has 0 saturated heterocycles. The highest BCUT2D eigenvalue weighted by Gasteiger charge is 2.20. The normalized spacial score (nSPS) is 17.0. The van der Waals surface area contributed by atoms with Crippen molar-refractivity contribution < 1.29 is 4.79 Å². The molecular weight excluding hydrogens is 200 g/mol. The molecular formula is C13H14N2O. The van der Waals surface area contributed by atoms with Gasteiger partial charge >= 0.3 is 0 Å². The standard InChI is InChI=1S/C13H14N2O/c16-9-11-6-3-7-13-14-12(8-15(11)13)10-4-1-2-5-10/h3,6-10H,1-2,4-5H2. The Morgan fingerprint density at radius 1 is 1.31 bits per heavy atom. The van der Waals surface area contributed by atoms with Gasteiger partial charge in [-0.3, -0.25) is 9.20 Å². The summed E-state index contributed by atoms with van der Waals surface area (Å²) in [5.41, 5.74) is 2.70. The fraction of sp³-hybridized carbons (Fsp3) is 0.385. The Balaban J connectivity index is 2.11. The van der Waals surface area contributed by atoms with Crippen molar-refractivity contribution >= 4 is 11.9 Å². The molecule has 3 heteroatoms. The average molecular weight is 214 g/mol. The molecule has 0 N–H and O–H groups in total. The fourth-order valence-electron chi connectivity index (χ4n) is 2.57. The Bertz CT molecular complexity index is 524. The van der Waals surface area contributed by atoms with Crippen LogP contribution in [0, 0.1) is 0 Å². The molecule has 0 atom stereocenters. The van der Waals surface area contributed by atoms with Gasteiger partial charge in [-0.2, -0.15) is 0 Å². The lowest BCUT2D eigenvalue weighted by Crippen LogP contribution is -1.92. The molecule has 16 heavy (non-hydrogen) atoms. The summed E-state index contributed by atoms with van der Waals surface area (Å²) >= 11 is 0. The largest absolute Gasteiger partial charge is 0.297 e. The molecule has 1 aliphatic carbocycles. The van der Waals surface area contributed by atoms with Crippen molar-refractivity contribution in [3.8, 4) is 0 Å². The van der Waals surface area contributed by atoms with E-state index in [9.17, 15) is 4.79 Å². The van der Waals surface area contributed by atoms with E-state index in [0.29, 0.717) is 11.6 Å². The predicted octanol–water partition coefficient (Wildman–Crippen LogP) is 2.80. The molecule has 3 rings (SSSR count). The highest BCUT2D eigenvalue weighted by molar-refractivity contribution is 5.73. The van der Waals surface area contributed by atoms with Crippen LogP contribution in [0.25, 0.3) is 5.65 Å². The first-order valence-electron chi connectivity index (χ1n) is 5.81. The van der Waals surface area contributed by atoms with E-state index in [4.69, 9.17) is 0 Å². The first kappa shape index (κ1) is 9.58. The molecule has 0 unspecified atom stereocenters. The van der Waals surface area contributed by atoms with Gasteiger partial charge in [-0.1, -0.05) is 18.9 Å². The van der Waals surface area contributed by atoms with Crippen LogP contribution in [0.3, 0.4) is 0 Å². The molecule has 2 aromatic rings. The van der Waals surface area contributed by atoms with Crippen LogP contribution in [0.5, 0.6) is 0 Å². The molecule has 82 valence electrons. The average Bonchev–Trinajstić information content (AvgIpc) is 2.96. The Hall–Kier alpha value is -1.64. The first-order chi connectivity index (χ1) is 7.88. The van der Waals surface area contributed by atoms with Crippen LogP contribution in [-0.2, 0) is 0 Å². The Kier molecular flexibility index (Phi) is 2.24. The topological polar surface area (TPSA) is 34.4 Å². The predicted molar refractivity (Wildman–Crippen MR) is 61.8 cm³/mol. The number of carbonyl (C=O) groups is 1. The van der Waals surface area contributed by atoms with E-state index < -0.39 is 0 Å². The number of imidazole rings is 1. The summed E-state index contributed by atoms with van der Waals surface area (Å²) in [7, 11) is 0. The number of nitrogens with zero attached hydrogens (tertiary/aromatic N) is 2. The summed E-state index contributed by atoms with van der Waals surface area (Å²) in [5.74, 6) is 0.597. The number of carbonyl (C=O) groups excluding carboxylic acids is 1. The van der Waals surface area contributed by atoms with Gasteiger partial charge in [0.15, 0.2) is 6.29 Å². The summed E-state index contributed by atoms with van der Waals surface area (Å²) in [6.07, 6.45) is 7.99. The molecule has 1 fully saturated rings. The minimum Gasteiger partial charge on any atom is -0.297 e. The molecule has 2 aromatic heterocycles. The number of aromatic nitrogens is 2. The molecule has 2 heterocycles. The van der Waals surface area contributed by atoms with Gasteiger partial charge in [-0.25, -0.2) is 4.98 Å². The Labute approximate surface area is 94.1 Å². The van der Waals surface area contributed by atoms with Crippen molar-refractivity contribution in [1.29, 1.82) is 0 Å². The number of fused-ring (bicyclic) bond motifs is 1. The molecule has 0 aliphatic heterocycles. The third-order valence-corrected chi connectivity index (χ3v) is 3.44. The van der Waals surface area contributed by atoms with Crippen LogP contribution in [0.15, 0.2) is 24.4 Å². The SMILES string of the molecule is O=Cc1cccc2nc(C3CCCC3)cn12. The van der Waals surface area contributed by atoms with Crippen molar-refractivity contribution in [3.05, 3.63) is 35.8 Å². The second-order valence-electron chi connectivity index (χ2n) is 4.44. The van der Waals surface area contributed by atoms with E-state index in [0.717, 1.165) is 17.6 Å². The lowest BCUT2D eigenvalue weighted by molar-refractivity contribution is 0.111. The van der Waals surface area contributed by atoms with Gasteiger partial charge in [0.05, 0.1) is 11.4 Å². The smallest absolute Gasteiger partial charge is 0.166 e. The summed E-state index contributed by atoms with van der Waals surface area (Å²) in [4.78, 5) is 15.5. The molecule has 0 aromatic carbocycles. The molecule has 0 bridgehead atoms. The lowest BCUT2D eigenvalue weighted by Gasteiger charge is -2.02. The van der Waals surface area contributed by atoms with E-state index in [1.807, 2.05) is 28.8 Å². The molecule has 1 saturated carbocycles. The van der Waals surface area contributed by atoms with Gasteiger partial charge in [0.2, 0.25) is 0 Å². The number of hydrogen-bond donors (Lipinski definition) is 0. The highest BCUT2D eigenvalue weighted by Crippen LogP contribution is 2.33. The van der Waals surface area contributed by atoms with Gasteiger partial charge in [0.1, 0.15) is 5.65 Å². The van der Waals surface area contributed by atoms with Crippen LogP contribution in [0.1, 0.15) is 47.8 Å². The number of pyridine rings is 1. The van der Waals surface area contributed by atoms with E-state index in [1.54, 1.807) is 0 Å². The maximum atomic E-state index is 10.9. The monoisotopic (exact) mass is 214 g/mol. The number of hydrogen-bond acceptors (Lipinski definition) is 2. The summed E-state index contributed by atoms with van der Waals surface area (Å²) in [6.45, 7) is 0. The van der Waals surface area contributed by atoms with Crippen LogP contribution >= 0.6 is 0 Å². The third kappa shape index (κ3) is 1.43. The molecule has 0 spiro atoms. The van der Waals surface area contributed by atoms with E-state index in [1.165, 1.54) is 25.7 Å². The third-order valence-electron chi connectivity index (χ3n) is 3.44. The van der Waals surface area contributed by atoms with Crippen LogP contribution in [0.4, 0.5) is 0 Å². The Morgan fingerprint density at radius 2 is 2.12 bits per heavy atom. The van der Waals surface area contributed by atoms with E-state index in [-0.39, 0.29) is 0 Å². The second kappa shape index (κ2) is 3.74. The lowest BCUT2D eigenvalue weighted by atomic mass is 10.1. The second-order valence-corrected chi connectivity index (χ2v) is 4.44. The molecule has 1 aliphatic rings. The van der Waals surface area contributed by atoms with Gasteiger partial charge < -0.3 is 0 Å². The minimum absolute atomic E-state index is 0.597. The minimum atomic E-state index is 0.597. The molecule has 0 radical (unpaired) electrons. The molecule has 3 nitrogen and oxygen atoms in total. The van der Waals surface area contributed by atoms with Crippen molar-refractivity contribution in [2.24, 2.45) is 0 Å². The highest BCUT2D eigenvalue weighted by atomic mass is 16.1. The van der Waals surface area contributed by atoms with Gasteiger partial charge in [0, 0.05) is 12.1 Å². The zero-order chi connectivity index (χ0) is 11.0. The van der Waals surface area contributed by atoms with Gasteiger partial charge in [-0.15, -0.1) is 0 Å². The van der Waals surface area contributed by atoms with Gasteiger partial charge in [-0.05, 0) is 25.0 Å². The van der Waals surface area contributed by atoms with Crippen LogP contribution < -0.4 is 0 Å². The first-order valence-corrected chi connectivity index (χ1v) is 5.81. The summed E-state index contributed by atoms with van der Waals surface area (Å²) in [5, 5.41) is 0. The zero-order valence-corrected chi connectivity index (χ0v) is 9.10. The zero-order valence-electron chi connectivity index (χ0n) is 9.10. The number of aldehydes is 1. The molecule has 0 amide bonds. The van der Waals surface area contributed by atoms with Crippen molar-refractivity contribution in [2.45, 2.75) is 31.6 Å². The van der Waals surface area contributed by atoms with Crippen LogP contribution in [-0.4, -0.2) is 15.7 Å². The summed E-state index contributed by atoms with van der Waals surface area (Å²) < 4.78 is 1.89. The Morgan fingerprint density at radius 3 is 2.88 bits per heavy atom. The van der Waals surface area contributed by atoms with Crippen molar-refractivity contribution in [2.75, 3.05) is 0 Å². The van der Waals surface area contributed by atoms with E-state index >= 15 is 0 Å². The van der Waals surface area contributed by atoms with E-state index in [2.05, 4.69) is 4.98 Å². The summed E-state index contributed by atoms with van der Waals surface area (Å²) in [6, 6.07) is 5.65. The van der Waals surface area contributed by atoms with Crippen molar-refractivity contribution in [3.63, 3.8) is 0 Å². The quantitative estimate of drug-likeness (QED) is 0.720. The fourth-order valence-corrected chi connectivity index (χ4v) is 2.57. The maximum absolute atomic E-state index is 10.9. The number of rotatable bonds is 2. The van der Waals surface area contributed by atoms with Gasteiger partial charge in [0.25, 0.3) is 0 Å². The maximum Gasteiger partial charge on any atom is 0.166 e. The van der Waals surface area contributed by atoms with Crippen molar-refractivity contribution in [1.82, 2.24) is 9.38 Å². The van der Waals surface area contributed by atoms with Crippen LogP contribution in [0.2, 0.25) is 0 Å².